The fourth-order valence-corrected chi connectivity index (χ4v) is 2.23. The van der Waals surface area contributed by atoms with Gasteiger partial charge in [-0.1, -0.05) is 11.6 Å². The van der Waals surface area contributed by atoms with Crippen molar-refractivity contribution in [3.8, 4) is 0 Å². The lowest BCUT2D eigenvalue weighted by Crippen LogP contribution is -1.79. The van der Waals surface area contributed by atoms with E-state index < -0.39 is 0 Å². The molecule has 60 valence electrons. The van der Waals surface area contributed by atoms with Crippen molar-refractivity contribution < 1.29 is 0 Å². The molecule has 0 atom stereocenters. The maximum absolute atomic E-state index is 5.87. The zero-order chi connectivity index (χ0) is 8.43. The SMILES string of the molecule is ClCc1cc(Br)c(Cl)c(Br)c1. The summed E-state index contributed by atoms with van der Waals surface area (Å²) in [5.41, 5.74) is 1.04. The molecule has 0 saturated carbocycles. The van der Waals surface area contributed by atoms with Crippen LogP contribution in [0.5, 0.6) is 0 Å². The number of benzene rings is 1. The van der Waals surface area contributed by atoms with Gasteiger partial charge in [0.25, 0.3) is 0 Å². The molecule has 0 N–H and O–H groups in total. The van der Waals surface area contributed by atoms with Crippen LogP contribution in [0.2, 0.25) is 5.02 Å². The molecule has 0 aliphatic heterocycles. The van der Waals surface area contributed by atoms with Crippen LogP contribution in [0.3, 0.4) is 0 Å². The van der Waals surface area contributed by atoms with Gasteiger partial charge in [-0.25, -0.2) is 0 Å². The first-order valence-corrected chi connectivity index (χ1v) is 5.34. The lowest BCUT2D eigenvalue weighted by atomic mass is 10.2. The molecule has 1 rings (SSSR count). The third-order valence-corrected chi connectivity index (χ3v) is 3.62. The zero-order valence-electron chi connectivity index (χ0n) is 5.37. The molecule has 0 aromatic heterocycles. The molecule has 0 radical (unpaired) electrons. The molecule has 0 amide bonds. The summed E-state index contributed by atoms with van der Waals surface area (Å²) in [7, 11) is 0. The van der Waals surface area contributed by atoms with Crippen LogP contribution in [0.15, 0.2) is 21.1 Å². The predicted molar refractivity (Wildman–Crippen MR) is 56.4 cm³/mol. The van der Waals surface area contributed by atoms with Crippen LogP contribution in [0.4, 0.5) is 0 Å². The van der Waals surface area contributed by atoms with Gasteiger partial charge in [0.1, 0.15) is 0 Å². The van der Waals surface area contributed by atoms with Gasteiger partial charge >= 0.3 is 0 Å². The minimum absolute atomic E-state index is 0.494. The van der Waals surface area contributed by atoms with Crippen molar-refractivity contribution in [1.29, 1.82) is 0 Å². The fourth-order valence-electron chi connectivity index (χ4n) is 0.685. The maximum atomic E-state index is 5.87. The van der Waals surface area contributed by atoms with Crippen LogP contribution < -0.4 is 0 Å². The van der Waals surface area contributed by atoms with Gasteiger partial charge < -0.3 is 0 Å². The molecule has 1 aromatic rings. The highest BCUT2D eigenvalue weighted by Gasteiger charge is 2.03. The van der Waals surface area contributed by atoms with Gasteiger partial charge in [0.15, 0.2) is 0 Å². The fraction of sp³-hybridized carbons (Fsp3) is 0.143. The van der Waals surface area contributed by atoms with Crippen LogP contribution in [0, 0.1) is 0 Å². The summed E-state index contributed by atoms with van der Waals surface area (Å²) in [6.07, 6.45) is 0. The van der Waals surface area contributed by atoms with Crippen molar-refractivity contribution in [2.45, 2.75) is 5.88 Å². The lowest BCUT2D eigenvalue weighted by Gasteiger charge is -2.01. The second-order valence-corrected chi connectivity index (χ2v) is 4.36. The second kappa shape index (κ2) is 4.13. The van der Waals surface area contributed by atoms with E-state index in [2.05, 4.69) is 31.9 Å². The highest BCUT2D eigenvalue weighted by Crippen LogP contribution is 2.32. The Morgan fingerprint density at radius 1 is 1.18 bits per heavy atom. The number of rotatable bonds is 1. The molecule has 1 aromatic carbocycles. The second-order valence-electron chi connectivity index (χ2n) is 2.01. The van der Waals surface area contributed by atoms with Crippen LogP contribution in [-0.2, 0) is 5.88 Å². The Kier molecular flexibility index (Phi) is 3.69. The van der Waals surface area contributed by atoms with Crippen LogP contribution in [0.1, 0.15) is 5.56 Å². The molecule has 0 fully saturated rings. The molecule has 11 heavy (non-hydrogen) atoms. The highest BCUT2D eigenvalue weighted by molar-refractivity contribution is 9.11. The summed E-state index contributed by atoms with van der Waals surface area (Å²) in [6.45, 7) is 0. The topological polar surface area (TPSA) is 0 Å². The Bertz CT molecular complexity index is 250. The summed E-state index contributed by atoms with van der Waals surface area (Å²) in [6, 6.07) is 3.81. The van der Waals surface area contributed by atoms with Crippen LogP contribution >= 0.6 is 55.1 Å². The van der Waals surface area contributed by atoms with Gasteiger partial charge in [0.2, 0.25) is 0 Å². The van der Waals surface area contributed by atoms with Crippen LogP contribution in [0.25, 0.3) is 0 Å². The average molecular weight is 319 g/mol. The third-order valence-electron chi connectivity index (χ3n) is 1.20. The summed E-state index contributed by atoms with van der Waals surface area (Å²) in [5.74, 6) is 0.494. The van der Waals surface area contributed by atoms with Crippen molar-refractivity contribution in [2.24, 2.45) is 0 Å². The van der Waals surface area contributed by atoms with E-state index in [1.54, 1.807) is 0 Å². The minimum Gasteiger partial charge on any atom is -0.122 e. The Morgan fingerprint density at radius 2 is 1.64 bits per heavy atom. The molecule has 0 nitrogen and oxygen atoms in total. The van der Waals surface area contributed by atoms with Gasteiger partial charge in [-0.2, -0.15) is 0 Å². The largest absolute Gasteiger partial charge is 0.122 e. The van der Waals surface area contributed by atoms with Gasteiger partial charge in [-0.3, -0.25) is 0 Å². The first kappa shape index (κ1) is 9.85. The van der Waals surface area contributed by atoms with Crippen LogP contribution in [-0.4, -0.2) is 0 Å². The molecule has 0 spiro atoms. The number of alkyl halides is 1. The van der Waals surface area contributed by atoms with E-state index in [0.29, 0.717) is 10.9 Å². The van der Waals surface area contributed by atoms with Gasteiger partial charge in [-0.15, -0.1) is 11.6 Å². The summed E-state index contributed by atoms with van der Waals surface area (Å²) in [5, 5.41) is 0.680. The molecule has 0 bridgehead atoms. The Morgan fingerprint density at radius 3 is 2.00 bits per heavy atom. The van der Waals surface area contributed by atoms with E-state index in [9.17, 15) is 0 Å². The van der Waals surface area contributed by atoms with E-state index in [-0.39, 0.29) is 0 Å². The molecule has 0 unspecified atom stereocenters. The Labute approximate surface area is 92.1 Å². The standard InChI is InChI=1S/C7H4Br2Cl2/c8-5-1-4(3-10)2-6(9)7(5)11/h1-2H,3H2. The quantitative estimate of drug-likeness (QED) is 0.524. The third kappa shape index (κ3) is 2.35. The first-order chi connectivity index (χ1) is 5.15. The monoisotopic (exact) mass is 316 g/mol. The Balaban J connectivity index is 3.21. The van der Waals surface area contributed by atoms with Crippen molar-refractivity contribution in [3.05, 3.63) is 31.7 Å². The van der Waals surface area contributed by atoms with E-state index in [1.165, 1.54) is 0 Å². The molecular weight excluding hydrogens is 315 g/mol. The normalized spacial score (nSPS) is 10.2. The van der Waals surface area contributed by atoms with E-state index in [4.69, 9.17) is 23.2 Å². The van der Waals surface area contributed by atoms with E-state index in [1.807, 2.05) is 12.1 Å². The van der Waals surface area contributed by atoms with Crippen molar-refractivity contribution >= 4 is 55.1 Å². The summed E-state index contributed by atoms with van der Waals surface area (Å²) < 4.78 is 1.73. The average Bonchev–Trinajstić information content (AvgIpc) is 1.99. The van der Waals surface area contributed by atoms with Crippen molar-refractivity contribution in [3.63, 3.8) is 0 Å². The molecule has 0 heterocycles. The van der Waals surface area contributed by atoms with Gasteiger partial charge in [-0.05, 0) is 49.6 Å². The summed E-state index contributed by atoms with van der Waals surface area (Å²) >= 11 is 18.1. The predicted octanol–water partition coefficient (Wildman–Crippen LogP) is 4.60. The van der Waals surface area contributed by atoms with Crippen molar-refractivity contribution in [2.75, 3.05) is 0 Å². The molecule has 4 heteroatoms. The molecule has 0 aliphatic carbocycles. The minimum atomic E-state index is 0.494. The van der Waals surface area contributed by atoms with Crippen molar-refractivity contribution in [1.82, 2.24) is 0 Å². The molecule has 0 aliphatic rings. The molecule has 0 saturated heterocycles. The number of hydrogen-bond donors (Lipinski definition) is 0. The van der Waals surface area contributed by atoms with E-state index >= 15 is 0 Å². The first-order valence-electron chi connectivity index (χ1n) is 2.84. The zero-order valence-corrected chi connectivity index (χ0v) is 10.1. The number of hydrogen-bond acceptors (Lipinski definition) is 0. The summed E-state index contributed by atoms with van der Waals surface area (Å²) in [4.78, 5) is 0. The van der Waals surface area contributed by atoms with Gasteiger partial charge in [0.05, 0.1) is 5.02 Å². The number of halogens is 4. The van der Waals surface area contributed by atoms with E-state index in [0.717, 1.165) is 14.5 Å². The van der Waals surface area contributed by atoms with Gasteiger partial charge in [0, 0.05) is 14.8 Å². The molecular formula is C7H4Br2Cl2. The highest BCUT2D eigenvalue weighted by atomic mass is 79.9. The lowest BCUT2D eigenvalue weighted by molar-refractivity contribution is 1.37. The smallest absolute Gasteiger partial charge is 0.0690 e. The maximum Gasteiger partial charge on any atom is 0.0690 e. The Hall–Kier alpha value is 0.760.